The number of carbonyl (C=O) groups is 1. The van der Waals surface area contributed by atoms with Crippen LogP contribution in [0.5, 0.6) is 5.75 Å². The molecular weight excluding hydrogens is 550 g/mol. The quantitative estimate of drug-likeness (QED) is 0.183. The van der Waals surface area contributed by atoms with Crippen molar-refractivity contribution >= 4 is 27.6 Å². The topological polar surface area (TPSA) is 84.5 Å². The average molecular weight is 571 g/mol. The zero-order valence-corrected chi connectivity index (χ0v) is 20.5. The van der Waals surface area contributed by atoms with Gasteiger partial charge in [0.15, 0.2) is 0 Å². The van der Waals surface area contributed by atoms with E-state index in [0.717, 1.165) is 30.3 Å². The van der Waals surface area contributed by atoms with Gasteiger partial charge in [0.05, 0.1) is 22.2 Å². The predicted octanol–water partition coefficient (Wildman–Crippen LogP) is 5.76. The molecular formula is C23H21ClF6N2O4S. The molecule has 6 nitrogen and oxygen atoms in total. The Hall–Kier alpha value is -2.77. The first-order valence-electron chi connectivity index (χ1n) is 10.7. The van der Waals surface area contributed by atoms with Crippen LogP contribution in [-0.2, 0) is 16.3 Å². The van der Waals surface area contributed by atoms with Gasteiger partial charge < -0.3 is 14.8 Å². The van der Waals surface area contributed by atoms with E-state index in [4.69, 9.17) is 11.6 Å². The predicted molar refractivity (Wildman–Crippen MR) is 123 cm³/mol. The lowest BCUT2D eigenvalue weighted by Gasteiger charge is -2.38. The van der Waals surface area contributed by atoms with Crippen LogP contribution in [0.15, 0.2) is 55.1 Å². The molecule has 0 unspecified atom stereocenters. The normalized spacial score (nSPS) is 19.3. The van der Waals surface area contributed by atoms with Gasteiger partial charge in [-0.25, -0.2) is 0 Å². The summed E-state index contributed by atoms with van der Waals surface area (Å²) in [4.78, 5) is 13.2. The van der Waals surface area contributed by atoms with Crippen molar-refractivity contribution in [1.82, 2.24) is 10.6 Å². The van der Waals surface area contributed by atoms with Gasteiger partial charge >= 0.3 is 21.8 Å². The minimum atomic E-state index is -5.97. The van der Waals surface area contributed by atoms with Gasteiger partial charge in [0, 0.05) is 5.54 Å². The molecule has 2 aromatic rings. The largest absolute Gasteiger partial charge is 0.534 e. The van der Waals surface area contributed by atoms with Gasteiger partial charge in [-0.1, -0.05) is 35.9 Å². The number of nitrogens with one attached hydrogen (secondary N) is 2. The van der Waals surface area contributed by atoms with Crippen LogP contribution in [0, 0.1) is 0 Å². The lowest BCUT2D eigenvalue weighted by atomic mass is 9.81. The van der Waals surface area contributed by atoms with Gasteiger partial charge in [-0.15, -0.1) is 6.58 Å². The van der Waals surface area contributed by atoms with E-state index < -0.39 is 61.2 Å². The summed E-state index contributed by atoms with van der Waals surface area (Å²) in [6.45, 7) is 4.20. The van der Waals surface area contributed by atoms with E-state index >= 15 is 0 Å². The molecule has 1 saturated heterocycles. The van der Waals surface area contributed by atoms with Crippen molar-refractivity contribution in [1.29, 1.82) is 0 Å². The van der Waals surface area contributed by atoms with Crippen molar-refractivity contribution in [2.45, 2.75) is 42.5 Å². The second-order valence-corrected chi connectivity index (χ2v) is 10.2. The minimum absolute atomic E-state index is 0.141. The summed E-state index contributed by atoms with van der Waals surface area (Å²) in [5.74, 6) is -1.65. The second kappa shape index (κ2) is 10.5. The number of amides is 1. The molecule has 37 heavy (non-hydrogen) atoms. The Labute approximate surface area is 213 Å². The van der Waals surface area contributed by atoms with Crippen molar-refractivity contribution < 1.29 is 43.7 Å². The van der Waals surface area contributed by atoms with Crippen molar-refractivity contribution in [3.05, 3.63) is 76.8 Å². The minimum Gasteiger partial charge on any atom is -0.376 e. The number of hydrogen-bond donors (Lipinski definition) is 2. The highest BCUT2D eigenvalue weighted by Gasteiger charge is 2.49. The van der Waals surface area contributed by atoms with E-state index in [9.17, 15) is 39.6 Å². The first kappa shape index (κ1) is 28.8. The zero-order valence-electron chi connectivity index (χ0n) is 18.9. The fourth-order valence-corrected chi connectivity index (χ4v) is 4.99. The maximum Gasteiger partial charge on any atom is 0.534 e. The molecule has 1 amide bonds. The summed E-state index contributed by atoms with van der Waals surface area (Å²) in [6, 6.07) is 6.41. The molecule has 1 fully saturated rings. The SMILES string of the molecule is C=CC[C@]1([C@@H](NC(=O)c2cccc(C(F)(F)F)c2Cl)c2cccc(OS(=O)(=O)C(F)(F)F)c2)CCCN1. The van der Waals surface area contributed by atoms with Crippen LogP contribution >= 0.6 is 11.6 Å². The van der Waals surface area contributed by atoms with Crippen molar-refractivity contribution in [3.63, 3.8) is 0 Å². The van der Waals surface area contributed by atoms with Gasteiger partial charge in [-0.2, -0.15) is 34.8 Å². The van der Waals surface area contributed by atoms with E-state index in [-0.39, 0.29) is 12.0 Å². The van der Waals surface area contributed by atoms with Gasteiger partial charge in [-0.05, 0) is 55.6 Å². The number of benzene rings is 2. The fourth-order valence-electron chi connectivity index (χ4n) is 4.22. The van der Waals surface area contributed by atoms with Crippen LogP contribution in [0.2, 0.25) is 5.02 Å². The summed E-state index contributed by atoms with van der Waals surface area (Å²) in [5, 5.41) is 5.04. The van der Waals surface area contributed by atoms with Gasteiger partial charge in [0.2, 0.25) is 0 Å². The van der Waals surface area contributed by atoms with Gasteiger partial charge in [0.1, 0.15) is 5.75 Å². The van der Waals surface area contributed by atoms with E-state index in [1.807, 2.05) is 0 Å². The van der Waals surface area contributed by atoms with Crippen LogP contribution in [0.1, 0.15) is 46.8 Å². The number of alkyl halides is 6. The Kier molecular flexibility index (Phi) is 8.20. The third-order valence-corrected chi connectivity index (χ3v) is 7.23. The highest BCUT2D eigenvalue weighted by Crippen LogP contribution is 2.40. The molecule has 0 bridgehead atoms. The lowest BCUT2D eigenvalue weighted by molar-refractivity contribution is -0.137. The first-order valence-corrected chi connectivity index (χ1v) is 12.5. The summed E-state index contributed by atoms with van der Waals surface area (Å²) in [7, 11) is -5.97. The van der Waals surface area contributed by atoms with E-state index in [1.165, 1.54) is 12.1 Å². The zero-order chi connectivity index (χ0) is 27.6. The first-order chi connectivity index (χ1) is 17.1. The lowest BCUT2D eigenvalue weighted by Crippen LogP contribution is -2.52. The third-order valence-electron chi connectivity index (χ3n) is 5.84. The van der Waals surface area contributed by atoms with Crippen molar-refractivity contribution in [3.8, 4) is 5.75 Å². The third kappa shape index (κ3) is 6.21. The second-order valence-electron chi connectivity index (χ2n) is 8.31. The van der Waals surface area contributed by atoms with E-state index in [1.54, 1.807) is 6.08 Å². The molecule has 2 aromatic carbocycles. The maximum absolute atomic E-state index is 13.3. The van der Waals surface area contributed by atoms with Crippen molar-refractivity contribution in [2.75, 3.05) is 6.54 Å². The number of halogens is 7. The van der Waals surface area contributed by atoms with Crippen LogP contribution in [0.25, 0.3) is 0 Å². The molecule has 3 rings (SSSR count). The molecule has 14 heteroatoms. The Bertz CT molecular complexity index is 1270. The number of hydrogen-bond acceptors (Lipinski definition) is 5. The highest BCUT2D eigenvalue weighted by molar-refractivity contribution is 7.88. The number of rotatable bonds is 8. The maximum atomic E-state index is 13.3. The fraction of sp³-hybridized carbons (Fsp3) is 0.348. The van der Waals surface area contributed by atoms with Gasteiger partial charge in [0.25, 0.3) is 5.91 Å². The molecule has 0 aromatic heterocycles. The Morgan fingerprint density at radius 3 is 2.43 bits per heavy atom. The molecule has 0 spiro atoms. The van der Waals surface area contributed by atoms with Crippen LogP contribution in [0.4, 0.5) is 26.3 Å². The molecule has 1 heterocycles. The average Bonchev–Trinajstić information content (AvgIpc) is 3.25. The molecule has 0 aliphatic carbocycles. The van der Waals surface area contributed by atoms with Crippen molar-refractivity contribution in [2.24, 2.45) is 0 Å². The summed E-state index contributed by atoms with van der Waals surface area (Å²) >= 11 is 5.91. The highest BCUT2D eigenvalue weighted by atomic mass is 35.5. The Morgan fingerprint density at radius 1 is 1.19 bits per heavy atom. The molecule has 1 aliphatic heterocycles. The molecule has 1 aliphatic rings. The summed E-state index contributed by atoms with van der Waals surface area (Å²) < 4.78 is 106. The molecule has 0 radical (unpaired) electrons. The molecule has 0 saturated carbocycles. The smallest absolute Gasteiger partial charge is 0.376 e. The Morgan fingerprint density at radius 2 is 1.86 bits per heavy atom. The van der Waals surface area contributed by atoms with E-state index in [0.29, 0.717) is 19.4 Å². The van der Waals surface area contributed by atoms with Crippen LogP contribution in [-0.4, -0.2) is 31.9 Å². The van der Waals surface area contributed by atoms with E-state index in [2.05, 4.69) is 21.4 Å². The number of carbonyl (C=O) groups excluding carboxylic acids is 1. The van der Waals surface area contributed by atoms with Gasteiger partial charge in [-0.3, -0.25) is 4.79 Å². The molecule has 202 valence electrons. The summed E-state index contributed by atoms with van der Waals surface area (Å²) in [6.07, 6.45) is -1.93. The summed E-state index contributed by atoms with van der Waals surface area (Å²) in [5.41, 5.74) is -8.16. The molecule has 2 N–H and O–H groups in total. The monoisotopic (exact) mass is 570 g/mol. The van der Waals surface area contributed by atoms with Crippen LogP contribution < -0.4 is 14.8 Å². The molecule has 2 atom stereocenters. The Balaban J connectivity index is 2.06. The van der Waals surface area contributed by atoms with Crippen LogP contribution in [0.3, 0.4) is 0 Å². The standard InChI is InChI=1S/C23H21ClF6N2O4S/c1-2-10-21(11-5-12-31-21)19(14-6-3-7-15(13-14)36-37(34,35)23(28,29)30)32-20(33)16-8-4-9-17(18(16)24)22(25,26)27/h2-4,6-9,13,19,31H,1,5,10-12H2,(H,32,33)/t19-,21+/m0/s1.